The lowest BCUT2D eigenvalue weighted by molar-refractivity contribution is -0.140. The Morgan fingerprint density at radius 3 is 2.34 bits per heavy atom. The highest BCUT2D eigenvalue weighted by Gasteiger charge is 2.28. The van der Waals surface area contributed by atoms with E-state index >= 15 is 0 Å². The SMILES string of the molecule is CC[C@H](C)NC(=O)[C@H](C)N(Cc1ccc(Cl)cc1)C(=O)Cc1c(F)cccc1Cl. The maximum atomic E-state index is 14.2. The maximum absolute atomic E-state index is 14.2. The van der Waals surface area contributed by atoms with Gasteiger partial charge in [0.2, 0.25) is 11.8 Å². The van der Waals surface area contributed by atoms with Crippen molar-refractivity contribution in [1.29, 1.82) is 0 Å². The van der Waals surface area contributed by atoms with Crippen LogP contribution in [0.1, 0.15) is 38.3 Å². The monoisotopic (exact) mass is 438 g/mol. The molecule has 0 aliphatic heterocycles. The van der Waals surface area contributed by atoms with Crippen molar-refractivity contribution in [2.24, 2.45) is 0 Å². The number of rotatable bonds is 8. The van der Waals surface area contributed by atoms with Gasteiger partial charge < -0.3 is 10.2 Å². The highest BCUT2D eigenvalue weighted by atomic mass is 35.5. The fourth-order valence-electron chi connectivity index (χ4n) is 2.79. The van der Waals surface area contributed by atoms with Crippen molar-refractivity contribution in [1.82, 2.24) is 10.2 Å². The fourth-order valence-corrected chi connectivity index (χ4v) is 3.14. The molecule has 1 N–H and O–H groups in total. The molecule has 2 aromatic rings. The Bertz CT molecular complexity index is 838. The van der Waals surface area contributed by atoms with Crippen molar-refractivity contribution in [2.75, 3.05) is 0 Å². The molecule has 4 nitrogen and oxygen atoms in total. The number of nitrogens with zero attached hydrogens (tertiary/aromatic N) is 1. The van der Waals surface area contributed by atoms with E-state index in [-0.39, 0.29) is 35.5 Å². The molecule has 2 rings (SSSR count). The molecule has 156 valence electrons. The third-order valence-corrected chi connectivity index (χ3v) is 5.43. The number of hydrogen-bond donors (Lipinski definition) is 1. The first-order valence-electron chi connectivity index (χ1n) is 9.50. The molecule has 2 aromatic carbocycles. The molecular formula is C22H25Cl2FN2O2. The van der Waals surface area contributed by atoms with Crippen LogP contribution in [0.3, 0.4) is 0 Å². The van der Waals surface area contributed by atoms with E-state index in [0.717, 1.165) is 12.0 Å². The summed E-state index contributed by atoms with van der Waals surface area (Å²) in [6.45, 7) is 5.72. The first-order valence-corrected chi connectivity index (χ1v) is 10.3. The summed E-state index contributed by atoms with van der Waals surface area (Å²) in [4.78, 5) is 27.2. The van der Waals surface area contributed by atoms with Crippen LogP contribution in [-0.2, 0) is 22.6 Å². The van der Waals surface area contributed by atoms with Crippen LogP contribution in [0.5, 0.6) is 0 Å². The second kappa shape index (κ2) is 10.6. The van der Waals surface area contributed by atoms with Gasteiger partial charge in [0.25, 0.3) is 0 Å². The van der Waals surface area contributed by atoms with Gasteiger partial charge in [0, 0.05) is 28.2 Å². The lowest BCUT2D eigenvalue weighted by atomic mass is 10.1. The summed E-state index contributed by atoms with van der Waals surface area (Å²) in [6.07, 6.45) is 0.536. The number of carbonyl (C=O) groups is 2. The van der Waals surface area contributed by atoms with E-state index < -0.39 is 17.8 Å². The Labute approximate surface area is 181 Å². The number of hydrogen-bond acceptors (Lipinski definition) is 2. The van der Waals surface area contributed by atoms with Crippen LogP contribution in [0.2, 0.25) is 10.0 Å². The minimum absolute atomic E-state index is 0.0153. The molecular weight excluding hydrogens is 414 g/mol. The fraction of sp³-hybridized carbons (Fsp3) is 0.364. The summed E-state index contributed by atoms with van der Waals surface area (Å²) in [5.74, 6) is -1.20. The van der Waals surface area contributed by atoms with Crippen LogP contribution in [0.25, 0.3) is 0 Å². The third-order valence-electron chi connectivity index (χ3n) is 4.82. The molecule has 0 unspecified atom stereocenters. The van der Waals surface area contributed by atoms with Gasteiger partial charge in [-0.25, -0.2) is 4.39 Å². The lowest BCUT2D eigenvalue weighted by Crippen LogP contribution is -2.50. The van der Waals surface area contributed by atoms with E-state index in [2.05, 4.69) is 5.32 Å². The van der Waals surface area contributed by atoms with Gasteiger partial charge in [-0.05, 0) is 50.1 Å². The smallest absolute Gasteiger partial charge is 0.242 e. The molecule has 0 bridgehead atoms. The molecule has 0 aromatic heterocycles. The molecule has 0 aliphatic rings. The Morgan fingerprint density at radius 1 is 1.10 bits per heavy atom. The molecule has 0 saturated carbocycles. The Hall–Kier alpha value is -2.11. The largest absolute Gasteiger partial charge is 0.352 e. The van der Waals surface area contributed by atoms with Crippen LogP contribution in [0, 0.1) is 5.82 Å². The molecule has 0 aliphatic carbocycles. The van der Waals surface area contributed by atoms with Crippen LogP contribution < -0.4 is 5.32 Å². The van der Waals surface area contributed by atoms with Crippen molar-refractivity contribution < 1.29 is 14.0 Å². The summed E-state index contributed by atoms with van der Waals surface area (Å²) >= 11 is 12.0. The van der Waals surface area contributed by atoms with Gasteiger partial charge in [-0.15, -0.1) is 0 Å². The van der Waals surface area contributed by atoms with Gasteiger partial charge in [-0.2, -0.15) is 0 Å². The minimum atomic E-state index is -0.738. The van der Waals surface area contributed by atoms with Crippen molar-refractivity contribution in [3.63, 3.8) is 0 Å². The predicted octanol–water partition coefficient (Wildman–Crippen LogP) is 5.01. The van der Waals surface area contributed by atoms with Gasteiger partial charge in [-0.1, -0.05) is 48.3 Å². The van der Waals surface area contributed by atoms with Crippen LogP contribution in [-0.4, -0.2) is 28.8 Å². The van der Waals surface area contributed by atoms with E-state index in [9.17, 15) is 14.0 Å². The van der Waals surface area contributed by atoms with Gasteiger partial charge in [-0.3, -0.25) is 9.59 Å². The number of nitrogens with one attached hydrogen (secondary N) is 1. The Balaban J connectivity index is 2.28. The Kier molecular flexibility index (Phi) is 8.47. The quantitative estimate of drug-likeness (QED) is 0.629. The molecule has 0 saturated heterocycles. The molecule has 29 heavy (non-hydrogen) atoms. The van der Waals surface area contributed by atoms with Crippen molar-refractivity contribution >= 4 is 35.0 Å². The summed E-state index contributed by atoms with van der Waals surface area (Å²) in [5.41, 5.74) is 0.931. The topological polar surface area (TPSA) is 49.4 Å². The average Bonchev–Trinajstić information content (AvgIpc) is 2.69. The maximum Gasteiger partial charge on any atom is 0.242 e. The number of carbonyl (C=O) groups excluding carboxylic acids is 2. The first kappa shape index (κ1) is 23.2. The van der Waals surface area contributed by atoms with Gasteiger partial charge in [0.15, 0.2) is 0 Å². The lowest BCUT2D eigenvalue weighted by Gasteiger charge is -2.30. The first-order chi connectivity index (χ1) is 13.7. The molecule has 7 heteroatoms. The van der Waals surface area contributed by atoms with Crippen molar-refractivity contribution in [3.8, 4) is 0 Å². The number of amides is 2. The second-order valence-corrected chi connectivity index (χ2v) is 7.86. The van der Waals surface area contributed by atoms with Crippen molar-refractivity contribution in [2.45, 2.75) is 52.2 Å². The van der Waals surface area contributed by atoms with E-state index in [1.54, 1.807) is 31.2 Å². The minimum Gasteiger partial charge on any atom is -0.352 e. The standard InChI is InChI=1S/C22H25Cl2FN2O2/c1-4-14(2)26-22(29)15(3)27(13-16-8-10-17(23)11-9-16)21(28)12-18-19(24)6-5-7-20(18)25/h5-11,14-15H,4,12-13H2,1-3H3,(H,26,29)/t14-,15-/m0/s1. The second-order valence-electron chi connectivity index (χ2n) is 7.02. The highest BCUT2D eigenvalue weighted by molar-refractivity contribution is 6.31. The molecule has 0 spiro atoms. The van der Waals surface area contributed by atoms with Gasteiger partial charge >= 0.3 is 0 Å². The van der Waals surface area contributed by atoms with Gasteiger partial charge in [0.05, 0.1) is 6.42 Å². The molecule has 2 atom stereocenters. The molecule has 2 amide bonds. The van der Waals surface area contributed by atoms with Crippen LogP contribution in [0.4, 0.5) is 4.39 Å². The Morgan fingerprint density at radius 2 is 1.76 bits per heavy atom. The zero-order chi connectivity index (χ0) is 21.6. The van der Waals surface area contributed by atoms with E-state index in [1.807, 2.05) is 13.8 Å². The molecule has 0 heterocycles. The molecule has 0 fully saturated rings. The summed E-state index contributed by atoms with van der Waals surface area (Å²) in [7, 11) is 0. The van der Waals surface area contributed by atoms with Crippen LogP contribution in [0.15, 0.2) is 42.5 Å². The number of benzene rings is 2. The predicted molar refractivity (Wildman–Crippen MR) is 114 cm³/mol. The van der Waals surface area contributed by atoms with Crippen LogP contribution >= 0.6 is 23.2 Å². The summed E-state index contributed by atoms with van der Waals surface area (Å²) < 4.78 is 14.2. The zero-order valence-corrected chi connectivity index (χ0v) is 18.2. The van der Waals surface area contributed by atoms with E-state index in [0.29, 0.717) is 5.02 Å². The third kappa shape index (κ3) is 6.44. The number of halogens is 3. The van der Waals surface area contributed by atoms with Crippen molar-refractivity contribution in [3.05, 3.63) is 69.5 Å². The molecule has 0 radical (unpaired) electrons. The normalized spacial score (nSPS) is 12.9. The zero-order valence-electron chi connectivity index (χ0n) is 16.7. The van der Waals surface area contributed by atoms with E-state index in [4.69, 9.17) is 23.2 Å². The summed E-state index contributed by atoms with van der Waals surface area (Å²) in [5, 5.41) is 3.65. The average molecular weight is 439 g/mol. The summed E-state index contributed by atoms with van der Waals surface area (Å²) in [6, 6.07) is 10.5. The highest BCUT2D eigenvalue weighted by Crippen LogP contribution is 2.22. The van der Waals surface area contributed by atoms with Gasteiger partial charge in [0.1, 0.15) is 11.9 Å². The van der Waals surface area contributed by atoms with E-state index in [1.165, 1.54) is 23.1 Å².